The lowest BCUT2D eigenvalue weighted by molar-refractivity contribution is -0.153. The molecule has 1 aromatic heterocycles. The van der Waals surface area contributed by atoms with Gasteiger partial charge in [-0.15, -0.1) is 0 Å². The molecule has 0 spiro atoms. The fraction of sp³-hybridized carbons (Fsp3) is 0.417. The quantitative estimate of drug-likeness (QED) is 0.487. The SMILES string of the molecule is CC.CCOC(=O)C(=O)Cc1ccc(Br)nc1. The molecule has 0 aromatic carbocycles. The Hall–Kier alpha value is -1.23. The Bertz CT molecular complexity index is 363. The second-order valence-electron chi connectivity index (χ2n) is 2.81. The highest BCUT2D eigenvalue weighted by Gasteiger charge is 2.15. The minimum absolute atomic E-state index is 0.0269. The molecule has 17 heavy (non-hydrogen) atoms. The first-order valence-electron chi connectivity index (χ1n) is 5.44. The van der Waals surface area contributed by atoms with E-state index in [1.165, 1.54) is 0 Å². The Kier molecular flexibility index (Phi) is 8.23. The van der Waals surface area contributed by atoms with E-state index in [0.717, 1.165) is 0 Å². The van der Waals surface area contributed by atoms with Gasteiger partial charge in [-0.1, -0.05) is 19.9 Å². The third-order valence-electron chi connectivity index (χ3n) is 1.66. The lowest BCUT2D eigenvalue weighted by Crippen LogP contribution is -2.19. The summed E-state index contributed by atoms with van der Waals surface area (Å²) in [5.74, 6) is -1.35. The number of carbonyl (C=O) groups excluding carboxylic acids is 2. The number of hydrogen-bond acceptors (Lipinski definition) is 4. The molecule has 0 aliphatic rings. The van der Waals surface area contributed by atoms with E-state index in [4.69, 9.17) is 0 Å². The van der Waals surface area contributed by atoms with Crippen LogP contribution in [0.4, 0.5) is 0 Å². The number of ether oxygens (including phenoxy) is 1. The lowest BCUT2D eigenvalue weighted by Gasteiger charge is -2.00. The van der Waals surface area contributed by atoms with Crippen LogP contribution in [0, 0.1) is 0 Å². The molecule has 0 bridgehead atoms. The number of pyridine rings is 1. The maximum Gasteiger partial charge on any atom is 0.374 e. The molecule has 1 aromatic rings. The monoisotopic (exact) mass is 301 g/mol. The molecule has 0 radical (unpaired) electrons. The highest BCUT2D eigenvalue weighted by atomic mass is 79.9. The molecular weight excluding hydrogens is 286 g/mol. The van der Waals surface area contributed by atoms with E-state index in [0.29, 0.717) is 10.2 Å². The molecule has 0 aliphatic heterocycles. The Morgan fingerprint density at radius 1 is 1.35 bits per heavy atom. The third-order valence-corrected chi connectivity index (χ3v) is 2.13. The number of esters is 1. The van der Waals surface area contributed by atoms with Crippen molar-refractivity contribution in [2.24, 2.45) is 0 Å². The third kappa shape index (κ3) is 6.16. The summed E-state index contributed by atoms with van der Waals surface area (Å²) in [5.41, 5.74) is 0.691. The Labute approximate surface area is 110 Å². The van der Waals surface area contributed by atoms with Crippen molar-refractivity contribution >= 4 is 27.7 Å². The van der Waals surface area contributed by atoms with Gasteiger partial charge in [-0.2, -0.15) is 0 Å². The van der Waals surface area contributed by atoms with Crippen molar-refractivity contribution in [1.29, 1.82) is 0 Å². The van der Waals surface area contributed by atoms with Gasteiger partial charge in [-0.25, -0.2) is 9.78 Å². The van der Waals surface area contributed by atoms with Gasteiger partial charge >= 0.3 is 5.97 Å². The van der Waals surface area contributed by atoms with Crippen LogP contribution in [0.1, 0.15) is 26.3 Å². The summed E-state index contributed by atoms with van der Waals surface area (Å²) in [4.78, 5) is 26.2. The largest absolute Gasteiger partial charge is 0.460 e. The van der Waals surface area contributed by atoms with E-state index in [-0.39, 0.29) is 13.0 Å². The molecule has 0 unspecified atom stereocenters. The first-order chi connectivity index (χ1) is 8.13. The molecule has 0 fully saturated rings. The van der Waals surface area contributed by atoms with E-state index in [2.05, 4.69) is 25.7 Å². The van der Waals surface area contributed by atoms with E-state index >= 15 is 0 Å². The van der Waals surface area contributed by atoms with Crippen LogP contribution in [0.3, 0.4) is 0 Å². The fourth-order valence-corrected chi connectivity index (χ4v) is 1.21. The van der Waals surface area contributed by atoms with E-state index in [1.807, 2.05) is 13.8 Å². The van der Waals surface area contributed by atoms with Gasteiger partial charge in [0.1, 0.15) is 4.60 Å². The summed E-state index contributed by atoms with van der Waals surface area (Å²) in [6, 6.07) is 3.45. The Morgan fingerprint density at radius 3 is 2.47 bits per heavy atom. The molecule has 0 N–H and O–H groups in total. The summed E-state index contributed by atoms with van der Waals surface area (Å²) in [5, 5.41) is 0. The smallest absolute Gasteiger partial charge is 0.374 e. The molecule has 5 heteroatoms. The van der Waals surface area contributed by atoms with Crippen molar-refractivity contribution in [2.75, 3.05) is 6.61 Å². The van der Waals surface area contributed by atoms with Crippen LogP contribution in [-0.4, -0.2) is 23.3 Å². The van der Waals surface area contributed by atoms with Crippen molar-refractivity contribution in [3.8, 4) is 0 Å². The molecule has 1 rings (SSSR count). The summed E-state index contributed by atoms with van der Waals surface area (Å²) < 4.78 is 5.27. The number of halogens is 1. The molecule has 94 valence electrons. The van der Waals surface area contributed by atoms with Crippen LogP contribution in [-0.2, 0) is 20.7 Å². The zero-order valence-electron chi connectivity index (χ0n) is 10.2. The van der Waals surface area contributed by atoms with Crippen molar-refractivity contribution in [2.45, 2.75) is 27.2 Å². The molecular formula is C12H16BrNO3. The zero-order chi connectivity index (χ0) is 13.3. The highest BCUT2D eigenvalue weighted by molar-refractivity contribution is 9.10. The van der Waals surface area contributed by atoms with Crippen molar-refractivity contribution in [3.63, 3.8) is 0 Å². The summed E-state index contributed by atoms with van der Waals surface area (Å²) >= 11 is 3.18. The fourth-order valence-electron chi connectivity index (χ4n) is 0.980. The molecule has 0 saturated heterocycles. The van der Waals surface area contributed by atoms with Crippen LogP contribution >= 0.6 is 15.9 Å². The minimum Gasteiger partial charge on any atom is -0.460 e. The van der Waals surface area contributed by atoms with Gasteiger partial charge in [0.25, 0.3) is 0 Å². The lowest BCUT2D eigenvalue weighted by atomic mass is 10.1. The highest BCUT2D eigenvalue weighted by Crippen LogP contribution is 2.07. The van der Waals surface area contributed by atoms with Crippen molar-refractivity contribution < 1.29 is 14.3 Å². The maximum absolute atomic E-state index is 11.3. The average molecular weight is 302 g/mol. The molecule has 4 nitrogen and oxygen atoms in total. The van der Waals surface area contributed by atoms with Gasteiger partial charge in [0.2, 0.25) is 5.78 Å². The van der Waals surface area contributed by atoms with Crippen LogP contribution in [0.25, 0.3) is 0 Å². The van der Waals surface area contributed by atoms with Crippen molar-refractivity contribution in [3.05, 3.63) is 28.5 Å². The number of carbonyl (C=O) groups is 2. The normalized spacial score (nSPS) is 8.94. The first kappa shape index (κ1) is 15.8. The molecule has 0 atom stereocenters. The van der Waals surface area contributed by atoms with E-state index in [1.54, 1.807) is 25.3 Å². The summed E-state index contributed by atoms with van der Waals surface area (Å²) in [6.45, 7) is 5.87. The second-order valence-corrected chi connectivity index (χ2v) is 3.62. The Balaban J connectivity index is 0.00000121. The Morgan fingerprint density at radius 2 is 2.00 bits per heavy atom. The summed E-state index contributed by atoms with van der Waals surface area (Å²) in [6.07, 6.45) is 1.57. The number of nitrogens with zero attached hydrogens (tertiary/aromatic N) is 1. The van der Waals surface area contributed by atoms with Crippen molar-refractivity contribution in [1.82, 2.24) is 4.98 Å². The zero-order valence-corrected chi connectivity index (χ0v) is 11.8. The summed E-state index contributed by atoms with van der Waals surface area (Å²) in [7, 11) is 0. The van der Waals surface area contributed by atoms with Gasteiger partial charge in [-0.3, -0.25) is 4.79 Å². The van der Waals surface area contributed by atoms with Gasteiger partial charge in [0.15, 0.2) is 0 Å². The van der Waals surface area contributed by atoms with Crippen LogP contribution in [0.5, 0.6) is 0 Å². The van der Waals surface area contributed by atoms with Crippen LogP contribution < -0.4 is 0 Å². The topological polar surface area (TPSA) is 56.3 Å². The maximum atomic E-state index is 11.3. The standard InChI is InChI=1S/C10H10BrNO3.C2H6/c1-2-15-10(14)8(13)5-7-3-4-9(11)12-6-7;1-2/h3-4,6H,2,5H2,1H3;1-2H3. The van der Waals surface area contributed by atoms with E-state index in [9.17, 15) is 9.59 Å². The van der Waals surface area contributed by atoms with Crippen LogP contribution in [0.2, 0.25) is 0 Å². The molecule has 0 saturated carbocycles. The number of rotatable bonds is 4. The van der Waals surface area contributed by atoms with Gasteiger partial charge in [0.05, 0.1) is 6.61 Å². The van der Waals surface area contributed by atoms with Gasteiger partial charge in [0, 0.05) is 12.6 Å². The second kappa shape index (κ2) is 8.87. The average Bonchev–Trinajstić information content (AvgIpc) is 2.35. The minimum atomic E-state index is -0.791. The number of ketones is 1. The molecule has 0 aliphatic carbocycles. The van der Waals surface area contributed by atoms with Crippen LogP contribution in [0.15, 0.2) is 22.9 Å². The molecule has 0 amide bonds. The predicted octanol–water partition coefficient (Wildman–Crippen LogP) is 2.55. The van der Waals surface area contributed by atoms with E-state index < -0.39 is 11.8 Å². The molecule has 1 heterocycles. The van der Waals surface area contributed by atoms with Gasteiger partial charge < -0.3 is 4.74 Å². The number of aromatic nitrogens is 1. The predicted molar refractivity (Wildman–Crippen MR) is 68.6 cm³/mol. The first-order valence-corrected chi connectivity index (χ1v) is 6.23. The number of Topliss-reactive ketones (excluding diaryl/α,β-unsaturated/α-hetero) is 1. The van der Waals surface area contributed by atoms with Gasteiger partial charge in [-0.05, 0) is 34.5 Å². The number of hydrogen-bond donors (Lipinski definition) is 0.